The number of halogens is 1. The van der Waals surface area contributed by atoms with Crippen molar-refractivity contribution >= 4 is 44.9 Å². The molecule has 128 valence electrons. The summed E-state index contributed by atoms with van der Waals surface area (Å²) < 4.78 is 11.7. The number of thiophene rings is 1. The maximum absolute atomic E-state index is 12.3. The number of ether oxygens (including phenoxy) is 2. The molecule has 5 nitrogen and oxygen atoms in total. The Kier molecular flexibility index (Phi) is 5.08. The summed E-state index contributed by atoms with van der Waals surface area (Å²) >= 11 is 7.52. The average molecular weight is 368 g/mol. The number of amides is 1. The molecule has 24 heavy (non-hydrogen) atoms. The normalized spacial score (nSPS) is 21.0. The zero-order valence-electron chi connectivity index (χ0n) is 13.5. The van der Waals surface area contributed by atoms with Crippen molar-refractivity contribution in [3.63, 3.8) is 0 Å². The van der Waals surface area contributed by atoms with Crippen LogP contribution in [-0.4, -0.2) is 48.7 Å². The number of rotatable bonds is 3. The van der Waals surface area contributed by atoms with Gasteiger partial charge in [-0.05, 0) is 19.9 Å². The second kappa shape index (κ2) is 7.09. The zero-order chi connectivity index (χ0) is 17.3. The van der Waals surface area contributed by atoms with Crippen LogP contribution in [0.5, 0.6) is 0 Å². The smallest absolute Gasteiger partial charge is 0.350 e. The fourth-order valence-electron chi connectivity index (χ4n) is 2.81. The molecule has 2 atom stereocenters. The quantitative estimate of drug-likeness (QED) is 0.781. The van der Waals surface area contributed by atoms with E-state index >= 15 is 0 Å². The van der Waals surface area contributed by atoms with Crippen molar-refractivity contribution in [2.45, 2.75) is 26.1 Å². The van der Waals surface area contributed by atoms with Gasteiger partial charge in [0.1, 0.15) is 4.88 Å². The number of carbonyl (C=O) groups excluding carboxylic acids is 2. The molecule has 1 aromatic heterocycles. The molecule has 1 amide bonds. The first-order valence-corrected chi connectivity index (χ1v) is 8.92. The Bertz CT molecular complexity index is 765. The lowest BCUT2D eigenvalue weighted by Gasteiger charge is -2.35. The van der Waals surface area contributed by atoms with Gasteiger partial charge in [-0.25, -0.2) is 4.79 Å². The summed E-state index contributed by atoms with van der Waals surface area (Å²) in [5.74, 6) is -0.786. The van der Waals surface area contributed by atoms with Crippen LogP contribution in [0.4, 0.5) is 0 Å². The Morgan fingerprint density at radius 3 is 2.62 bits per heavy atom. The summed E-state index contributed by atoms with van der Waals surface area (Å²) in [5, 5.41) is 1.19. The minimum atomic E-state index is -0.566. The number of benzene rings is 1. The Morgan fingerprint density at radius 2 is 1.96 bits per heavy atom. The third-order valence-electron chi connectivity index (χ3n) is 3.82. The lowest BCUT2D eigenvalue weighted by atomic mass is 10.2. The molecule has 1 fully saturated rings. The molecule has 1 aromatic carbocycles. The number of esters is 1. The third-order valence-corrected chi connectivity index (χ3v) is 5.47. The average Bonchev–Trinajstić information content (AvgIpc) is 2.89. The van der Waals surface area contributed by atoms with E-state index in [9.17, 15) is 9.59 Å². The van der Waals surface area contributed by atoms with Crippen LogP contribution in [0.15, 0.2) is 24.3 Å². The number of hydrogen-bond donors (Lipinski definition) is 0. The summed E-state index contributed by atoms with van der Waals surface area (Å²) in [4.78, 5) is 26.5. The largest absolute Gasteiger partial charge is 0.451 e. The summed E-state index contributed by atoms with van der Waals surface area (Å²) in [5.41, 5.74) is 0. The van der Waals surface area contributed by atoms with E-state index in [2.05, 4.69) is 0 Å². The molecular weight excluding hydrogens is 350 g/mol. The number of nitrogens with zero attached hydrogens (tertiary/aromatic N) is 1. The lowest BCUT2D eigenvalue weighted by molar-refractivity contribution is -0.146. The van der Waals surface area contributed by atoms with E-state index in [0.29, 0.717) is 23.0 Å². The van der Waals surface area contributed by atoms with E-state index in [1.165, 1.54) is 11.3 Å². The minimum Gasteiger partial charge on any atom is -0.451 e. The van der Waals surface area contributed by atoms with Crippen molar-refractivity contribution in [3.05, 3.63) is 34.2 Å². The highest BCUT2D eigenvalue weighted by atomic mass is 35.5. The van der Waals surface area contributed by atoms with Gasteiger partial charge in [0.25, 0.3) is 5.91 Å². The van der Waals surface area contributed by atoms with E-state index in [0.717, 1.165) is 10.1 Å². The molecule has 2 aromatic rings. The molecule has 0 spiro atoms. The summed E-state index contributed by atoms with van der Waals surface area (Å²) in [6.45, 7) is 4.55. The topological polar surface area (TPSA) is 55.8 Å². The van der Waals surface area contributed by atoms with E-state index in [1.807, 2.05) is 38.1 Å². The highest BCUT2D eigenvalue weighted by Gasteiger charge is 2.27. The predicted molar refractivity (Wildman–Crippen MR) is 93.7 cm³/mol. The highest BCUT2D eigenvalue weighted by molar-refractivity contribution is 7.21. The van der Waals surface area contributed by atoms with Gasteiger partial charge in [0.05, 0.1) is 17.2 Å². The van der Waals surface area contributed by atoms with Gasteiger partial charge in [0, 0.05) is 23.2 Å². The molecule has 1 aliphatic heterocycles. The molecule has 0 bridgehead atoms. The van der Waals surface area contributed by atoms with E-state index in [4.69, 9.17) is 21.1 Å². The van der Waals surface area contributed by atoms with Crippen LogP contribution in [0.2, 0.25) is 5.02 Å². The van der Waals surface area contributed by atoms with Crippen LogP contribution >= 0.6 is 22.9 Å². The molecule has 0 N–H and O–H groups in total. The van der Waals surface area contributed by atoms with E-state index < -0.39 is 5.97 Å². The summed E-state index contributed by atoms with van der Waals surface area (Å²) in [7, 11) is 0. The molecule has 7 heteroatoms. The Hall–Kier alpha value is -1.63. The summed E-state index contributed by atoms with van der Waals surface area (Å²) in [6.07, 6.45) is -0.0455. The number of fused-ring (bicyclic) bond motifs is 1. The highest BCUT2D eigenvalue weighted by Crippen LogP contribution is 2.35. The first kappa shape index (κ1) is 17.2. The SMILES string of the molecule is CC1CN(C(=O)COC(=O)c2sc3ccccc3c2Cl)CC(C)O1. The van der Waals surface area contributed by atoms with Crippen LogP contribution in [0, 0.1) is 0 Å². The zero-order valence-corrected chi connectivity index (χ0v) is 15.0. The Morgan fingerprint density at radius 1 is 1.29 bits per heavy atom. The Balaban J connectivity index is 1.64. The number of hydrogen-bond acceptors (Lipinski definition) is 5. The van der Waals surface area contributed by atoms with Gasteiger partial charge in [-0.3, -0.25) is 4.79 Å². The van der Waals surface area contributed by atoms with Crippen LogP contribution < -0.4 is 0 Å². The molecule has 0 radical (unpaired) electrons. The molecule has 1 aliphatic rings. The second-order valence-corrected chi connectivity index (χ2v) is 7.30. The van der Waals surface area contributed by atoms with Crippen molar-refractivity contribution in [1.82, 2.24) is 4.90 Å². The van der Waals surface area contributed by atoms with Crippen molar-refractivity contribution in [2.24, 2.45) is 0 Å². The van der Waals surface area contributed by atoms with Crippen LogP contribution in [0.1, 0.15) is 23.5 Å². The summed E-state index contributed by atoms with van der Waals surface area (Å²) in [6, 6.07) is 7.49. The van der Waals surface area contributed by atoms with Gasteiger partial charge in [-0.15, -0.1) is 11.3 Å². The molecule has 2 unspecified atom stereocenters. The maximum Gasteiger partial charge on any atom is 0.350 e. The molecule has 0 saturated carbocycles. The van der Waals surface area contributed by atoms with Crippen molar-refractivity contribution in [3.8, 4) is 0 Å². The lowest BCUT2D eigenvalue weighted by Crippen LogP contribution is -2.49. The van der Waals surface area contributed by atoms with Crippen molar-refractivity contribution in [1.29, 1.82) is 0 Å². The third kappa shape index (κ3) is 3.55. The molecule has 3 rings (SSSR count). The fraction of sp³-hybridized carbons (Fsp3) is 0.412. The minimum absolute atomic E-state index is 0.0227. The fourth-order valence-corrected chi connectivity index (χ4v) is 4.21. The standard InChI is InChI=1S/C17H18ClNO4S/c1-10-7-19(8-11(2)23-10)14(20)9-22-17(21)16-15(18)12-5-3-4-6-13(12)24-16/h3-6,10-11H,7-9H2,1-2H3. The second-order valence-electron chi connectivity index (χ2n) is 5.87. The molecule has 1 saturated heterocycles. The molecule has 0 aliphatic carbocycles. The van der Waals surface area contributed by atoms with Gasteiger partial charge in [0.2, 0.25) is 0 Å². The van der Waals surface area contributed by atoms with Crippen molar-refractivity contribution in [2.75, 3.05) is 19.7 Å². The van der Waals surface area contributed by atoms with E-state index in [-0.39, 0.29) is 24.7 Å². The van der Waals surface area contributed by atoms with Gasteiger partial charge >= 0.3 is 5.97 Å². The van der Waals surface area contributed by atoms with Crippen LogP contribution in [-0.2, 0) is 14.3 Å². The number of morpholine rings is 1. The monoisotopic (exact) mass is 367 g/mol. The van der Waals surface area contributed by atoms with Crippen molar-refractivity contribution < 1.29 is 19.1 Å². The Labute approximate surface area is 149 Å². The van der Waals surface area contributed by atoms with Gasteiger partial charge in [0.15, 0.2) is 6.61 Å². The van der Waals surface area contributed by atoms with E-state index in [1.54, 1.807) is 4.90 Å². The van der Waals surface area contributed by atoms with Crippen LogP contribution in [0.25, 0.3) is 10.1 Å². The van der Waals surface area contributed by atoms with Gasteiger partial charge in [-0.2, -0.15) is 0 Å². The molecular formula is C17H18ClNO4S. The first-order valence-electron chi connectivity index (χ1n) is 7.73. The molecule has 2 heterocycles. The predicted octanol–water partition coefficient (Wildman–Crippen LogP) is 3.35. The first-order chi connectivity index (χ1) is 11.5. The van der Waals surface area contributed by atoms with Gasteiger partial charge in [-0.1, -0.05) is 29.8 Å². The van der Waals surface area contributed by atoms with Crippen LogP contribution in [0.3, 0.4) is 0 Å². The van der Waals surface area contributed by atoms with Gasteiger partial charge < -0.3 is 14.4 Å². The maximum atomic E-state index is 12.3. The number of carbonyl (C=O) groups is 2.